The van der Waals surface area contributed by atoms with Gasteiger partial charge in [0.2, 0.25) is 0 Å². The van der Waals surface area contributed by atoms with Crippen LogP contribution in [0, 0.1) is 40.4 Å². The van der Waals surface area contributed by atoms with E-state index >= 15 is 0 Å². The quantitative estimate of drug-likeness (QED) is 0.599. The molecule has 0 aromatic rings. The van der Waals surface area contributed by atoms with Crippen LogP contribution in [0.4, 0.5) is 0 Å². The van der Waals surface area contributed by atoms with Crippen LogP contribution in [-0.4, -0.2) is 27.3 Å². The summed E-state index contributed by atoms with van der Waals surface area (Å²) in [6.07, 6.45) is 10.7. The third-order valence-corrected chi connectivity index (χ3v) is 11.9. The monoisotopic (exact) mass is 444 g/mol. The van der Waals surface area contributed by atoms with Gasteiger partial charge in [-0.3, -0.25) is 9.32 Å². The summed E-state index contributed by atoms with van der Waals surface area (Å²) in [6, 6.07) is 0. The number of Topliss-reactive ketones (excluding diaryl/α,β-unsaturated/α-hetero) is 1. The van der Waals surface area contributed by atoms with Crippen LogP contribution in [0.15, 0.2) is 0 Å². The average molecular weight is 444 g/mol. The lowest BCUT2D eigenvalue weighted by Crippen LogP contribution is -2.60. The van der Waals surface area contributed by atoms with Crippen molar-refractivity contribution < 1.29 is 23.7 Å². The molecule has 0 amide bonds. The molecular formula is C22H38O5P2. The summed E-state index contributed by atoms with van der Waals surface area (Å²) in [6.45, 7) is 6.76. The lowest BCUT2D eigenvalue weighted by molar-refractivity contribution is -0.135. The van der Waals surface area contributed by atoms with Gasteiger partial charge in [-0.05, 0) is 91.0 Å². The van der Waals surface area contributed by atoms with E-state index in [1.54, 1.807) is 0 Å². The summed E-state index contributed by atoms with van der Waals surface area (Å²) in [5, 5.41) is 0.0510. The molecule has 9 atom stereocenters. The summed E-state index contributed by atoms with van der Waals surface area (Å²) >= 11 is 0. The van der Waals surface area contributed by atoms with Gasteiger partial charge in [0.15, 0.2) is 5.78 Å². The standard InChI is InChI=1S/C22H38O5P2/c1-14-6-9-20(2)15(12-14)4-5-17-16(20)7-10-21(3)18(8-11-22(17,21)28)19(23)13-27-29(24,25)26/h14-18H,4-13,28H2,1-3H3,(H2,24,25,26)/t14-,15?,16?,17+,18+,20-,21+,22+/m0/s1. The molecule has 0 radical (unpaired) electrons. The lowest BCUT2D eigenvalue weighted by atomic mass is 9.44. The average Bonchev–Trinajstić information content (AvgIpc) is 2.91. The van der Waals surface area contributed by atoms with E-state index in [0.29, 0.717) is 11.3 Å². The number of carbonyl (C=O) groups is 1. The van der Waals surface area contributed by atoms with Gasteiger partial charge in [0.1, 0.15) is 6.61 Å². The Labute approximate surface area is 177 Å². The van der Waals surface area contributed by atoms with Crippen LogP contribution in [-0.2, 0) is 13.9 Å². The minimum absolute atomic E-state index is 0.0510. The van der Waals surface area contributed by atoms with Crippen molar-refractivity contribution in [2.75, 3.05) is 6.61 Å². The van der Waals surface area contributed by atoms with Crippen LogP contribution in [0.1, 0.15) is 78.6 Å². The molecule has 4 aliphatic carbocycles. The molecule has 4 saturated carbocycles. The number of hydrogen-bond donors (Lipinski definition) is 2. The molecule has 29 heavy (non-hydrogen) atoms. The summed E-state index contributed by atoms with van der Waals surface area (Å²) in [4.78, 5) is 30.9. The van der Waals surface area contributed by atoms with Crippen LogP contribution < -0.4 is 0 Å². The van der Waals surface area contributed by atoms with Crippen molar-refractivity contribution in [3.63, 3.8) is 0 Å². The molecule has 4 aliphatic rings. The SMILES string of the molecule is C[C@H]1CC[C@@]2(C)C(CC[C@@H]3C2CC[C@]2(C)[C@@H](C(=O)COP(=O)(O)O)CC[C@@]32P)C1. The molecule has 166 valence electrons. The molecule has 7 heteroatoms. The molecule has 3 unspecified atom stereocenters. The zero-order valence-electron chi connectivity index (χ0n) is 18.1. The van der Waals surface area contributed by atoms with E-state index in [9.17, 15) is 9.36 Å². The normalized spacial score (nSPS) is 49.8. The highest BCUT2D eigenvalue weighted by Gasteiger charge is 2.66. The molecule has 0 aliphatic heterocycles. The van der Waals surface area contributed by atoms with E-state index in [-0.39, 0.29) is 22.3 Å². The van der Waals surface area contributed by atoms with Gasteiger partial charge in [0, 0.05) is 5.92 Å². The molecule has 2 N–H and O–H groups in total. The first-order valence-electron chi connectivity index (χ1n) is 11.4. The van der Waals surface area contributed by atoms with Crippen LogP contribution in [0.5, 0.6) is 0 Å². The van der Waals surface area contributed by atoms with Crippen molar-refractivity contribution in [3.8, 4) is 0 Å². The van der Waals surface area contributed by atoms with E-state index in [2.05, 4.69) is 34.5 Å². The minimum atomic E-state index is -4.62. The van der Waals surface area contributed by atoms with E-state index < -0.39 is 14.4 Å². The summed E-state index contributed by atoms with van der Waals surface area (Å²) in [5.41, 5.74) is 0.311. The molecule has 0 bridgehead atoms. The maximum atomic E-state index is 12.9. The van der Waals surface area contributed by atoms with Crippen molar-refractivity contribution in [3.05, 3.63) is 0 Å². The molecule has 0 heterocycles. The third kappa shape index (κ3) is 3.52. The molecule has 0 spiro atoms. The van der Waals surface area contributed by atoms with Gasteiger partial charge in [0.25, 0.3) is 0 Å². The molecule has 0 aromatic heterocycles. The summed E-state index contributed by atoms with van der Waals surface area (Å²) < 4.78 is 15.6. The molecule has 5 nitrogen and oxygen atoms in total. The largest absolute Gasteiger partial charge is 0.470 e. The predicted octanol–water partition coefficient (Wildman–Crippen LogP) is 4.96. The highest BCUT2D eigenvalue weighted by Crippen LogP contribution is 2.72. The predicted molar refractivity (Wildman–Crippen MR) is 116 cm³/mol. The maximum Gasteiger partial charge on any atom is 0.470 e. The van der Waals surface area contributed by atoms with E-state index in [1.165, 1.54) is 38.5 Å². The number of phosphoric acid groups is 1. The fraction of sp³-hybridized carbons (Fsp3) is 0.955. The Morgan fingerprint density at radius 1 is 1.07 bits per heavy atom. The number of ketones is 1. The smallest absolute Gasteiger partial charge is 0.303 e. The minimum Gasteiger partial charge on any atom is -0.303 e. The van der Waals surface area contributed by atoms with Crippen molar-refractivity contribution in [1.82, 2.24) is 0 Å². The Hall–Kier alpha value is 0.210. The first-order valence-corrected chi connectivity index (χ1v) is 13.5. The molecule has 0 aromatic carbocycles. The zero-order valence-corrected chi connectivity index (χ0v) is 20.2. The van der Waals surface area contributed by atoms with Crippen LogP contribution in [0.25, 0.3) is 0 Å². The van der Waals surface area contributed by atoms with Crippen molar-refractivity contribution >= 4 is 22.8 Å². The molecule has 4 rings (SSSR count). The number of carbonyl (C=O) groups excluding carboxylic acids is 1. The molecular weight excluding hydrogens is 406 g/mol. The maximum absolute atomic E-state index is 12.9. The Bertz CT molecular complexity index is 722. The van der Waals surface area contributed by atoms with Gasteiger partial charge in [-0.1, -0.05) is 27.2 Å². The highest BCUT2D eigenvalue weighted by atomic mass is 31.2. The van der Waals surface area contributed by atoms with Crippen molar-refractivity contribution in [2.45, 2.75) is 83.7 Å². The second kappa shape index (κ2) is 7.38. The Balaban J connectivity index is 1.57. The van der Waals surface area contributed by atoms with Crippen LogP contribution in [0.2, 0.25) is 0 Å². The Morgan fingerprint density at radius 2 is 1.79 bits per heavy atom. The highest BCUT2D eigenvalue weighted by molar-refractivity contribution is 7.46. The van der Waals surface area contributed by atoms with Gasteiger partial charge in [0.05, 0.1) is 0 Å². The van der Waals surface area contributed by atoms with Crippen molar-refractivity contribution in [2.24, 2.45) is 40.4 Å². The topological polar surface area (TPSA) is 83.8 Å². The Kier molecular flexibility index (Phi) is 5.70. The first-order chi connectivity index (χ1) is 13.4. The van der Waals surface area contributed by atoms with Crippen LogP contribution >= 0.6 is 17.1 Å². The van der Waals surface area contributed by atoms with E-state index in [0.717, 1.165) is 37.0 Å². The van der Waals surface area contributed by atoms with Gasteiger partial charge in [-0.25, -0.2) is 4.57 Å². The first kappa shape index (κ1) is 22.4. The third-order valence-electron chi connectivity index (χ3n) is 10.0. The lowest BCUT2D eigenvalue weighted by Gasteiger charge is -2.64. The van der Waals surface area contributed by atoms with Gasteiger partial charge < -0.3 is 9.79 Å². The number of rotatable bonds is 4. The van der Waals surface area contributed by atoms with Gasteiger partial charge >= 0.3 is 7.82 Å². The van der Waals surface area contributed by atoms with Gasteiger partial charge in [-0.15, -0.1) is 9.24 Å². The van der Waals surface area contributed by atoms with Gasteiger partial charge in [-0.2, -0.15) is 0 Å². The molecule has 4 fully saturated rings. The Morgan fingerprint density at radius 3 is 2.48 bits per heavy atom. The number of phosphoric ester groups is 1. The van der Waals surface area contributed by atoms with E-state index in [4.69, 9.17) is 9.79 Å². The molecule has 0 saturated heterocycles. The van der Waals surface area contributed by atoms with Crippen molar-refractivity contribution in [1.29, 1.82) is 0 Å². The fourth-order valence-corrected chi connectivity index (χ4v) is 9.51. The zero-order chi connectivity index (χ0) is 21.2. The summed E-state index contributed by atoms with van der Waals surface area (Å²) in [7, 11) is -1.39. The van der Waals surface area contributed by atoms with Crippen LogP contribution in [0.3, 0.4) is 0 Å². The van der Waals surface area contributed by atoms with E-state index in [1.807, 2.05) is 0 Å². The summed E-state index contributed by atoms with van der Waals surface area (Å²) in [5.74, 6) is 2.77. The fourth-order valence-electron chi connectivity index (χ4n) is 8.31. The number of hydrogen-bond acceptors (Lipinski definition) is 3. The second-order valence-electron chi connectivity index (χ2n) is 11.2. The number of fused-ring (bicyclic) bond motifs is 5. The second-order valence-corrected chi connectivity index (χ2v) is 13.5.